The Bertz CT molecular complexity index is 328. The number of aliphatic carboxylic acids is 1. The van der Waals surface area contributed by atoms with Crippen molar-refractivity contribution in [2.75, 3.05) is 13.1 Å². The topological polar surface area (TPSA) is 52.6 Å². The zero-order valence-electron chi connectivity index (χ0n) is 13.1. The maximum absolute atomic E-state index is 10.8. The van der Waals surface area contributed by atoms with Gasteiger partial charge in [-0.25, -0.2) is 0 Å². The van der Waals surface area contributed by atoms with Crippen molar-refractivity contribution in [3.63, 3.8) is 0 Å². The number of nitrogens with one attached hydrogen (secondary N) is 1. The van der Waals surface area contributed by atoms with Crippen LogP contribution in [0, 0.1) is 11.8 Å². The summed E-state index contributed by atoms with van der Waals surface area (Å²) in [6.07, 6.45) is 6.24. The van der Waals surface area contributed by atoms with E-state index in [0.717, 1.165) is 31.2 Å². The van der Waals surface area contributed by atoms with Gasteiger partial charge in [0.15, 0.2) is 0 Å². The molecule has 0 aromatic carbocycles. The number of carboxylic acids is 1. The van der Waals surface area contributed by atoms with Crippen molar-refractivity contribution in [1.82, 2.24) is 10.2 Å². The Morgan fingerprint density at radius 1 is 1.30 bits per heavy atom. The zero-order chi connectivity index (χ0) is 14.7. The normalized spacial score (nSPS) is 37.7. The Labute approximate surface area is 122 Å². The molecular weight excluding hydrogens is 252 g/mol. The third-order valence-electron chi connectivity index (χ3n) is 5.53. The summed E-state index contributed by atoms with van der Waals surface area (Å²) in [5.74, 6) is 0.887. The molecule has 0 heterocycles. The van der Waals surface area contributed by atoms with Gasteiger partial charge in [0.1, 0.15) is 0 Å². The summed E-state index contributed by atoms with van der Waals surface area (Å²) in [4.78, 5) is 12.9. The average molecular weight is 282 g/mol. The second-order valence-corrected chi connectivity index (χ2v) is 6.82. The molecule has 116 valence electrons. The lowest BCUT2D eigenvalue weighted by molar-refractivity contribution is -0.139. The van der Waals surface area contributed by atoms with E-state index < -0.39 is 5.97 Å². The molecule has 0 radical (unpaired) electrons. The first-order valence-electron chi connectivity index (χ1n) is 8.23. The summed E-state index contributed by atoms with van der Waals surface area (Å²) in [6.45, 7) is 7.81. The molecule has 0 aliphatic heterocycles. The summed E-state index contributed by atoms with van der Waals surface area (Å²) in [7, 11) is 0. The fraction of sp³-hybridized carbons (Fsp3) is 0.938. The minimum atomic E-state index is -0.710. The number of likely N-dealkylation sites (N-methyl/N-ethyl adjacent to an activating group) is 1. The Balaban J connectivity index is 1.74. The Morgan fingerprint density at radius 2 is 2.00 bits per heavy atom. The largest absolute Gasteiger partial charge is 0.480 e. The number of nitrogens with zero attached hydrogens (tertiary/aromatic N) is 1. The van der Waals surface area contributed by atoms with E-state index in [4.69, 9.17) is 5.11 Å². The smallest absolute Gasteiger partial charge is 0.317 e. The van der Waals surface area contributed by atoms with Crippen molar-refractivity contribution in [3.8, 4) is 0 Å². The molecule has 0 aromatic heterocycles. The van der Waals surface area contributed by atoms with E-state index in [0.29, 0.717) is 18.1 Å². The third-order valence-corrected chi connectivity index (χ3v) is 5.53. The molecule has 0 aromatic rings. The van der Waals surface area contributed by atoms with E-state index in [-0.39, 0.29) is 6.54 Å². The van der Waals surface area contributed by atoms with Gasteiger partial charge in [0, 0.05) is 18.1 Å². The molecule has 3 atom stereocenters. The maximum atomic E-state index is 10.8. The monoisotopic (exact) mass is 282 g/mol. The minimum Gasteiger partial charge on any atom is -0.480 e. The summed E-state index contributed by atoms with van der Waals surface area (Å²) >= 11 is 0. The molecule has 2 fully saturated rings. The highest BCUT2D eigenvalue weighted by atomic mass is 16.4. The summed E-state index contributed by atoms with van der Waals surface area (Å²) in [5, 5.41) is 12.7. The Morgan fingerprint density at radius 3 is 2.60 bits per heavy atom. The highest BCUT2D eigenvalue weighted by molar-refractivity contribution is 5.69. The molecule has 4 heteroatoms. The van der Waals surface area contributed by atoms with Crippen molar-refractivity contribution >= 4 is 5.97 Å². The van der Waals surface area contributed by atoms with Crippen LogP contribution in [-0.2, 0) is 4.79 Å². The van der Waals surface area contributed by atoms with Crippen molar-refractivity contribution in [2.24, 2.45) is 11.8 Å². The zero-order valence-corrected chi connectivity index (χ0v) is 13.1. The number of rotatable bonds is 6. The first-order valence-corrected chi connectivity index (χ1v) is 8.23. The standard InChI is InChI=1S/C16H30N2O2/c1-4-18(10-16(19)20)14-8-13(9-14)17-15-7-5-6-11(2)12(15)3/h11-15,17H,4-10H2,1-3H3,(H,19,20). The quantitative estimate of drug-likeness (QED) is 0.785. The van der Waals surface area contributed by atoms with Gasteiger partial charge in [-0.1, -0.05) is 33.6 Å². The first kappa shape index (κ1) is 15.8. The van der Waals surface area contributed by atoms with Crippen LogP contribution in [0.1, 0.15) is 52.9 Å². The number of hydrogen-bond donors (Lipinski definition) is 2. The van der Waals surface area contributed by atoms with Gasteiger partial charge < -0.3 is 10.4 Å². The lowest BCUT2D eigenvalue weighted by Gasteiger charge is -2.46. The fourth-order valence-corrected chi connectivity index (χ4v) is 3.81. The van der Waals surface area contributed by atoms with Gasteiger partial charge in [-0.15, -0.1) is 0 Å². The molecule has 2 N–H and O–H groups in total. The predicted molar refractivity (Wildman–Crippen MR) is 80.8 cm³/mol. The second kappa shape index (κ2) is 6.90. The molecule has 2 rings (SSSR count). The van der Waals surface area contributed by atoms with E-state index in [1.807, 2.05) is 0 Å². The molecular formula is C16H30N2O2. The number of hydrogen-bond acceptors (Lipinski definition) is 3. The first-order chi connectivity index (χ1) is 9.51. The molecule has 2 aliphatic carbocycles. The van der Waals surface area contributed by atoms with Crippen LogP contribution >= 0.6 is 0 Å². The molecule has 0 spiro atoms. The van der Waals surface area contributed by atoms with E-state index >= 15 is 0 Å². The van der Waals surface area contributed by atoms with Crippen molar-refractivity contribution in [3.05, 3.63) is 0 Å². The van der Waals surface area contributed by atoms with Crippen molar-refractivity contribution < 1.29 is 9.90 Å². The van der Waals surface area contributed by atoms with Crippen LogP contribution in [0.2, 0.25) is 0 Å². The number of carboxylic acid groups (broad SMARTS) is 1. The molecule has 0 bridgehead atoms. The fourth-order valence-electron chi connectivity index (χ4n) is 3.81. The van der Waals surface area contributed by atoms with E-state index in [2.05, 4.69) is 31.0 Å². The summed E-state index contributed by atoms with van der Waals surface area (Å²) in [5.41, 5.74) is 0. The van der Waals surface area contributed by atoms with Crippen LogP contribution in [0.15, 0.2) is 0 Å². The average Bonchev–Trinajstić information content (AvgIpc) is 2.35. The Hall–Kier alpha value is -0.610. The molecule has 3 unspecified atom stereocenters. The molecule has 0 amide bonds. The van der Waals surface area contributed by atoms with Gasteiger partial charge in [0.25, 0.3) is 0 Å². The van der Waals surface area contributed by atoms with Crippen molar-refractivity contribution in [2.45, 2.75) is 71.0 Å². The molecule has 0 saturated heterocycles. The summed E-state index contributed by atoms with van der Waals surface area (Å²) < 4.78 is 0. The lowest BCUT2D eigenvalue weighted by Crippen LogP contribution is -2.57. The number of carbonyl (C=O) groups is 1. The van der Waals surface area contributed by atoms with E-state index in [1.54, 1.807) is 0 Å². The molecule has 4 nitrogen and oxygen atoms in total. The SMILES string of the molecule is CCN(CC(=O)O)C1CC(NC2CCCC(C)C2C)C1. The van der Waals surface area contributed by atoms with Crippen LogP contribution in [0.5, 0.6) is 0 Å². The second-order valence-electron chi connectivity index (χ2n) is 6.82. The molecule has 20 heavy (non-hydrogen) atoms. The highest BCUT2D eigenvalue weighted by Crippen LogP contribution is 2.32. The molecule has 2 saturated carbocycles. The van der Waals surface area contributed by atoms with Crippen LogP contribution in [-0.4, -0.2) is 47.2 Å². The van der Waals surface area contributed by atoms with Gasteiger partial charge in [0.05, 0.1) is 6.54 Å². The maximum Gasteiger partial charge on any atom is 0.317 e. The van der Waals surface area contributed by atoms with Gasteiger partial charge >= 0.3 is 5.97 Å². The minimum absolute atomic E-state index is 0.185. The van der Waals surface area contributed by atoms with Gasteiger partial charge in [-0.3, -0.25) is 9.69 Å². The van der Waals surface area contributed by atoms with Crippen LogP contribution in [0.4, 0.5) is 0 Å². The van der Waals surface area contributed by atoms with Crippen LogP contribution in [0.3, 0.4) is 0 Å². The van der Waals surface area contributed by atoms with Gasteiger partial charge in [-0.05, 0) is 37.6 Å². The van der Waals surface area contributed by atoms with Crippen LogP contribution in [0.25, 0.3) is 0 Å². The van der Waals surface area contributed by atoms with Gasteiger partial charge in [0.2, 0.25) is 0 Å². The van der Waals surface area contributed by atoms with Gasteiger partial charge in [-0.2, -0.15) is 0 Å². The lowest BCUT2D eigenvalue weighted by atomic mass is 9.76. The van der Waals surface area contributed by atoms with E-state index in [9.17, 15) is 4.79 Å². The van der Waals surface area contributed by atoms with Crippen LogP contribution < -0.4 is 5.32 Å². The third kappa shape index (κ3) is 3.73. The van der Waals surface area contributed by atoms with E-state index in [1.165, 1.54) is 19.3 Å². The van der Waals surface area contributed by atoms with Crippen molar-refractivity contribution in [1.29, 1.82) is 0 Å². The molecule has 2 aliphatic rings. The highest BCUT2D eigenvalue weighted by Gasteiger charge is 2.36. The summed E-state index contributed by atoms with van der Waals surface area (Å²) in [6, 6.07) is 1.73. The Kier molecular flexibility index (Phi) is 5.44. The predicted octanol–water partition coefficient (Wildman–Crippen LogP) is 2.34.